The van der Waals surface area contributed by atoms with Gasteiger partial charge in [-0.2, -0.15) is 5.10 Å². The molecule has 0 amide bonds. The number of nitro benzene ring substituents is 1. The topological polar surface area (TPSA) is 107 Å². The summed E-state index contributed by atoms with van der Waals surface area (Å²) in [6.45, 7) is 0.112. The number of carboxylic acid groups (broad SMARTS) is 1. The first-order chi connectivity index (χ1) is 9.47. The van der Waals surface area contributed by atoms with Gasteiger partial charge in [0, 0.05) is 24.9 Å². The number of nitrogens with zero attached hydrogens (tertiary/aromatic N) is 3. The number of aromatic carboxylic acids is 1. The number of aryl methyl sites for hydroxylation is 1. The van der Waals surface area contributed by atoms with Crippen molar-refractivity contribution >= 4 is 11.7 Å². The van der Waals surface area contributed by atoms with Gasteiger partial charge in [-0.3, -0.25) is 14.8 Å². The first kappa shape index (κ1) is 13.5. The van der Waals surface area contributed by atoms with Gasteiger partial charge in [-0.1, -0.05) is 0 Å². The van der Waals surface area contributed by atoms with Crippen molar-refractivity contribution in [3.63, 3.8) is 0 Å². The Balaban J connectivity index is 2.22. The molecule has 0 saturated heterocycles. The predicted molar refractivity (Wildman–Crippen MR) is 67.6 cm³/mol. The molecule has 0 atom stereocenters. The van der Waals surface area contributed by atoms with Crippen molar-refractivity contribution in [1.82, 2.24) is 9.78 Å². The number of benzene rings is 1. The molecule has 0 aliphatic heterocycles. The smallest absolute Gasteiger partial charge is 0.335 e. The number of carboxylic acids is 1. The molecule has 0 aliphatic rings. The summed E-state index contributed by atoms with van der Waals surface area (Å²) in [5.41, 5.74) is 0.211. The molecule has 0 aliphatic carbocycles. The standard InChI is InChI=1S/C12H11N3O5/c1-14-6-8(5-13-14)7-20-11-3-2-9(12(16)17)4-10(11)15(18)19/h2-6H,7H2,1H3,(H,16,17). The normalized spacial score (nSPS) is 10.2. The van der Waals surface area contributed by atoms with E-state index in [1.165, 1.54) is 12.1 Å². The highest BCUT2D eigenvalue weighted by molar-refractivity contribution is 5.88. The lowest BCUT2D eigenvalue weighted by Gasteiger charge is -2.06. The van der Waals surface area contributed by atoms with Gasteiger partial charge in [-0.05, 0) is 12.1 Å². The van der Waals surface area contributed by atoms with Crippen molar-refractivity contribution in [2.45, 2.75) is 6.61 Å². The summed E-state index contributed by atoms with van der Waals surface area (Å²) in [7, 11) is 1.74. The molecule has 0 spiro atoms. The van der Waals surface area contributed by atoms with Crippen molar-refractivity contribution in [3.8, 4) is 5.75 Å². The van der Waals surface area contributed by atoms with Crippen LogP contribution in [0.15, 0.2) is 30.6 Å². The highest BCUT2D eigenvalue weighted by Crippen LogP contribution is 2.28. The van der Waals surface area contributed by atoms with E-state index in [4.69, 9.17) is 9.84 Å². The second kappa shape index (κ2) is 5.39. The van der Waals surface area contributed by atoms with E-state index in [2.05, 4.69) is 5.10 Å². The molecule has 20 heavy (non-hydrogen) atoms. The van der Waals surface area contributed by atoms with E-state index < -0.39 is 10.9 Å². The van der Waals surface area contributed by atoms with Crippen LogP contribution in [0.5, 0.6) is 5.75 Å². The maximum Gasteiger partial charge on any atom is 0.335 e. The molecule has 1 aromatic heterocycles. The van der Waals surface area contributed by atoms with Crippen molar-refractivity contribution in [1.29, 1.82) is 0 Å². The van der Waals surface area contributed by atoms with Crippen molar-refractivity contribution in [3.05, 3.63) is 51.8 Å². The molecule has 0 fully saturated rings. The van der Waals surface area contributed by atoms with Crippen molar-refractivity contribution < 1.29 is 19.6 Å². The van der Waals surface area contributed by atoms with Gasteiger partial charge >= 0.3 is 11.7 Å². The lowest BCUT2D eigenvalue weighted by atomic mass is 10.2. The van der Waals surface area contributed by atoms with Gasteiger partial charge in [0.2, 0.25) is 0 Å². The minimum absolute atomic E-state index is 0.0175. The summed E-state index contributed by atoms with van der Waals surface area (Å²) < 4.78 is 6.93. The third kappa shape index (κ3) is 2.91. The van der Waals surface area contributed by atoms with Crippen LogP contribution in [0.25, 0.3) is 0 Å². The van der Waals surface area contributed by atoms with Gasteiger partial charge in [-0.15, -0.1) is 0 Å². The van der Waals surface area contributed by atoms with Crippen LogP contribution in [0.1, 0.15) is 15.9 Å². The fraction of sp³-hybridized carbons (Fsp3) is 0.167. The zero-order valence-corrected chi connectivity index (χ0v) is 10.5. The number of nitro groups is 1. The Morgan fingerprint density at radius 3 is 2.85 bits per heavy atom. The van der Waals surface area contributed by atoms with Gasteiger partial charge in [0.1, 0.15) is 6.61 Å². The number of hydrogen-bond acceptors (Lipinski definition) is 5. The van der Waals surface area contributed by atoms with Crippen LogP contribution in [0, 0.1) is 10.1 Å². The van der Waals surface area contributed by atoms with Crippen molar-refractivity contribution in [2.75, 3.05) is 0 Å². The van der Waals surface area contributed by atoms with Gasteiger partial charge in [0.15, 0.2) is 5.75 Å². The lowest BCUT2D eigenvalue weighted by Crippen LogP contribution is -2.02. The molecule has 8 heteroatoms. The molecule has 104 valence electrons. The van der Waals surface area contributed by atoms with E-state index in [9.17, 15) is 14.9 Å². The van der Waals surface area contributed by atoms with Crippen molar-refractivity contribution in [2.24, 2.45) is 7.05 Å². The molecule has 0 bridgehead atoms. The van der Waals surface area contributed by atoms with Crippen LogP contribution in [0.3, 0.4) is 0 Å². The number of ether oxygens (including phenoxy) is 1. The molecule has 2 aromatic rings. The van der Waals surface area contributed by atoms with E-state index in [1.807, 2.05) is 0 Å². The first-order valence-corrected chi connectivity index (χ1v) is 5.59. The molecular formula is C12H11N3O5. The molecule has 2 rings (SSSR count). The Hall–Kier alpha value is -2.90. The Kier molecular flexibility index (Phi) is 3.65. The average molecular weight is 277 g/mol. The van der Waals surface area contributed by atoms with Crippen LogP contribution in [0.4, 0.5) is 5.69 Å². The Morgan fingerprint density at radius 1 is 1.55 bits per heavy atom. The molecule has 1 aromatic carbocycles. The van der Waals surface area contributed by atoms with Crippen LogP contribution in [-0.4, -0.2) is 25.8 Å². The monoisotopic (exact) mass is 277 g/mol. The van der Waals surface area contributed by atoms with E-state index in [1.54, 1.807) is 24.1 Å². The zero-order valence-electron chi connectivity index (χ0n) is 10.5. The van der Waals surface area contributed by atoms with Crippen LogP contribution < -0.4 is 4.74 Å². The molecule has 8 nitrogen and oxygen atoms in total. The zero-order chi connectivity index (χ0) is 14.7. The van der Waals surface area contributed by atoms with Crippen LogP contribution >= 0.6 is 0 Å². The molecule has 1 N–H and O–H groups in total. The van der Waals surface area contributed by atoms with Gasteiger partial charge in [0.25, 0.3) is 0 Å². The second-order valence-corrected chi connectivity index (χ2v) is 4.06. The Morgan fingerprint density at radius 2 is 2.30 bits per heavy atom. The molecule has 0 saturated carbocycles. The minimum atomic E-state index is -1.23. The Labute approximate surface area is 113 Å². The third-order valence-electron chi connectivity index (χ3n) is 2.56. The molecule has 1 heterocycles. The van der Waals surface area contributed by atoms with E-state index in [0.29, 0.717) is 0 Å². The van der Waals surface area contributed by atoms with Gasteiger partial charge < -0.3 is 9.84 Å². The minimum Gasteiger partial charge on any atom is -0.482 e. The fourth-order valence-corrected chi connectivity index (χ4v) is 1.62. The van der Waals surface area contributed by atoms with Crippen LogP contribution in [0.2, 0.25) is 0 Å². The fourth-order valence-electron chi connectivity index (χ4n) is 1.62. The Bertz CT molecular complexity index is 665. The second-order valence-electron chi connectivity index (χ2n) is 4.06. The summed E-state index contributed by atoms with van der Waals surface area (Å²) in [4.78, 5) is 21.0. The number of hydrogen-bond donors (Lipinski definition) is 1. The summed E-state index contributed by atoms with van der Waals surface area (Å²) in [6.07, 6.45) is 3.30. The van der Waals surface area contributed by atoms with E-state index in [0.717, 1.165) is 11.6 Å². The lowest BCUT2D eigenvalue weighted by molar-refractivity contribution is -0.386. The van der Waals surface area contributed by atoms with E-state index in [-0.39, 0.29) is 23.6 Å². The summed E-state index contributed by atoms with van der Waals surface area (Å²) in [5, 5.41) is 23.7. The maximum atomic E-state index is 10.9. The highest BCUT2D eigenvalue weighted by atomic mass is 16.6. The third-order valence-corrected chi connectivity index (χ3v) is 2.56. The molecule has 0 radical (unpaired) electrons. The first-order valence-electron chi connectivity index (χ1n) is 5.59. The number of rotatable bonds is 5. The van der Waals surface area contributed by atoms with Crippen LogP contribution in [-0.2, 0) is 13.7 Å². The predicted octanol–water partition coefficient (Wildman–Crippen LogP) is 1.61. The highest BCUT2D eigenvalue weighted by Gasteiger charge is 2.18. The number of aromatic nitrogens is 2. The molecule has 0 unspecified atom stereocenters. The summed E-state index contributed by atoms with van der Waals surface area (Å²) in [6, 6.07) is 3.51. The largest absolute Gasteiger partial charge is 0.482 e. The SMILES string of the molecule is Cn1cc(COc2ccc(C(=O)O)cc2[N+](=O)[O-])cn1. The molecular weight excluding hydrogens is 266 g/mol. The number of carbonyl (C=O) groups is 1. The van der Waals surface area contributed by atoms with Gasteiger partial charge in [-0.25, -0.2) is 4.79 Å². The quantitative estimate of drug-likeness (QED) is 0.657. The van der Waals surface area contributed by atoms with E-state index >= 15 is 0 Å². The summed E-state index contributed by atoms with van der Waals surface area (Å²) in [5.74, 6) is -1.21. The average Bonchev–Trinajstić information content (AvgIpc) is 2.81. The summed E-state index contributed by atoms with van der Waals surface area (Å²) >= 11 is 0. The van der Waals surface area contributed by atoms with Gasteiger partial charge in [0.05, 0.1) is 16.7 Å². The maximum absolute atomic E-state index is 10.9.